The summed E-state index contributed by atoms with van der Waals surface area (Å²) in [5, 5.41) is 11.3. The van der Waals surface area contributed by atoms with Gasteiger partial charge in [0.05, 0.1) is 5.75 Å². The summed E-state index contributed by atoms with van der Waals surface area (Å²) in [5.41, 5.74) is 3.20. The van der Waals surface area contributed by atoms with Crippen LogP contribution in [0.5, 0.6) is 0 Å². The highest BCUT2D eigenvalue weighted by atomic mass is 32.2. The van der Waals surface area contributed by atoms with Crippen molar-refractivity contribution in [1.82, 2.24) is 10.2 Å². The number of aromatic nitrogens is 2. The molecular weight excluding hydrogens is 346 g/mol. The fourth-order valence-electron chi connectivity index (χ4n) is 2.01. The SMILES string of the molecule is CCCSc1nnc(SCC(=O)Nc2c(C)cccc2CC)s1. The van der Waals surface area contributed by atoms with Gasteiger partial charge in [-0.05, 0) is 30.9 Å². The third kappa shape index (κ3) is 5.51. The largest absolute Gasteiger partial charge is 0.325 e. The number of carbonyl (C=O) groups is 1. The molecule has 0 aliphatic heterocycles. The Bertz CT molecular complexity index is 658. The van der Waals surface area contributed by atoms with Gasteiger partial charge >= 0.3 is 0 Å². The standard InChI is InChI=1S/C16H21N3OS3/c1-4-9-21-15-18-19-16(23-15)22-10-13(20)17-14-11(3)7-6-8-12(14)5-2/h6-8H,4-5,9-10H2,1-3H3,(H,17,20). The van der Waals surface area contributed by atoms with E-state index in [0.29, 0.717) is 5.75 Å². The Morgan fingerprint density at radius 1 is 1.22 bits per heavy atom. The molecule has 1 N–H and O–H groups in total. The van der Waals surface area contributed by atoms with E-state index in [4.69, 9.17) is 0 Å². The normalized spacial score (nSPS) is 10.7. The predicted octanol–water partition coefficient (Wildman–Crippen LogP) is 4.64. The average molecular weight is 368 g/mol. The second kappa shape index (κ2) is 9.30. The van der Waals surface area contributed by atoms with Gasteiger partial charge in [0.1, 0.15) is 0 Å². The molecule has 0 atom stereocenters. The van der Waals surface area contributed by atoms with Crippen LogP contribution in [0, 0.1) is 6.92 Å². The molecule has 0 bridgehead atoms. The minimum Gasteiger partial charge on any atom is -0.325 e. The van der Waals surface area contributed by atoms with E-state index in [1.54, 1.807) is 23.1 Å². The van der Waals surface area contributed by atoms with Crippen molar-refractivity contribution in [2.75, 3.05) is 16.8 Å². The summed E-state index contributed by atoms with van der Waals surface area (Å²) in [7, 11) is 0. The van der Waals surface area contributed by atoms with E-state index in [0.717, 1.165) is 44.1 Å². The highest BCUT2D eigenvalue weighted by Gasteiger charge is 2.11. The van der Waals surface area contributed by atoms with Crippen LogP contribution in [0.1, 0.15) is 31.4 Å². The van der Waals surface area contributed by atoms with Gasteiger partial charge in [0, 0.05) is 11.4 Å². The zero-order valence-corrected chi connectivity index (χ0v) is 16.0. The number of hydrogen-bond acceptors (Lipinski definition) is 6. The minimum atomic E-state index is -0.00281. The van der Waals surface area contributed by atoms with Crippen LogP contribution < -0.4 is 5.32 Å². The molecule has 1 aromatic carbocycles. The molecule has 1 heterocycles. The summed E-state index contributed by atoms with van der Waals surface area (Å²) in [5.74, 6) is 1.40. The first kappa shape index (κ1) is 18.3. The number of amides is 1. The van der Waals surface area contributed by atoms with Crippen molar-refractivity contribution in [2.24, 2.45) is 0 Å². The Hall–Kier alpha value is -1.05. The van der Waals surface area contributed by atoms with E-state index in [1.165, 1.54) is 11.8 Å². The maximum absolute atomic E-state index is 12.2. The number of rotatable bonds is 8. The van der Waals surface area contributed by atoms with Gasteiger partial charge in [0.2, 0.25) is 5.91 Å². The fraction of sp³-hybridized carbons (Fsp3) is 0.438. The molecule has 0 radical (unpaired) electrons. The molecule has 1 aromatic heterocycles. The van der Waals surface area contributed by atoms with Crippen molar-refractivity contribution in [2.45, 2.75) is 42.3 Å². The van der Waals surface area contributed by atoms with Gasteiger partial charge < -0.3 is 5.32 Å². The number of hydrogen-bond donors (Lipinski definition) is 1. The monoisotopic (exact) mass is 367 g/mol. The van der Waals surface area contributed by atoms with Crippen LogP contribution in [0.4, 0.5) is 5.69 Å². The van der Waals surface area contributed by atoms with Gasteiger partial charge in [0.15, 0.2) is 8.68 Å². The molecule has 0 saturated carbocycles. The smallest absolute Gasteiger partial charge is 0.234 e. The van der Waals surface area contributed by atoms with Crippen LogP contribution in [0.15, 0.2) is 26.9 Å². The van der Waals surface area contributed by atoms with E-state index in [1.807, 2.05) is 19.1 Å². The molecular formula is C16H21N3OS3. The van der Waals surface area contributed by atoms with E-state index in [-0.39, 0.29) is 5.91 Å². The lowest BCUT2D eigenvalue weighted by molar-refractivity contribution is -0.113. The maximum Gasteiger partial charge on any atom is 0.234 e. The van der Waals surface area contributed by atoms with Crippen molar-refractivity contribution in [3.8, 4) is 0 Å². The number of benzene rings is 1. The van der Waals surface area contributed by atoms with Crippen LogP contribution in [-0.4, -0.2) is 27.6 Å². The van der Waals surface area contributed by atoms with E-state index >= 15 is 0 Å². The Morgan fingerprint density at radius 2 is 1.96 bits per heavy atom. The minimum absolute atomic E-state index is 0.00281. The number of nitrogens with one attached hydrogen (secondary N) is 1. The Kier molecular flexibility index (Phi) is 7.39. The molecule has 23 heavy (non-hydrogen) atoms. The summed E-state index contributed by atoms with van der Waals surface area (Å²) in [6, 6.07) is 6.09. The maximum atomic E-state index is 12.2. The number of aryl methyl sites for hydroxylation is 2. The average Bonchev–Trinajstić information content (AvgIpc) is 3.00. The third-order valence-electron chi connectivity index (χ3n) is 3.15. The molecule has 0 spiro atoms. The van der Waals surface area contributed by atoms with Crippen molar-refractivity contribution in [3.05, 3.63) is 29.3 Å². The molecule has 7 heteroatoms. The highest BCUT2D eigenvalue weighted by Crippen LogP contribution is 2.29. The van der Waals surface area contributed by atoms with Crippen LogP contribution in [-0.2, 0) is 11.2 Å². The fourth-order valence-corrected chi connectivity index (χ4v) is 4.75. The molecule has 4 nitrogen and oxygen atoms in total. The summed E-state index contributed by atoms with van der Waals surface area (Å²) in [6.45, 7) is 6.25. The van der Waals surface area contributed by atoms with Gasteiger partial charge in [-0.1, -0.05) is 66.9 Å². The topological polar surface area (TPSA) is 54.9 Å². The number of anilines is 1. The summed E-state index contributed by atoms with van der Waals surface area (Å²) >= 11 is 4.71. The zero-order valence-electron chi connectivity index (χ0n) is 13.6. The van der Waals surface area contributed by atoms with Crippen molar-refractivity contribution >= 4 is 46.5 Å². The summed E-state index contributed by atoms with van der Waals surface area (Å²) in [6.07, 6.45) is 2.02. The molecule has 2 rings (SSSR count). The third-order valence-corrected chi connectivity index (χ3v) is 6.54. The van der Waals surface area contributed by atoms with Gasteiger partial charge in [-0.2, -0.15) is 0 Å². The zero-order chi connectivity index (χ0) is 16.7. The van der Waals surface area contributed by atoms with Crippen molar-refractivity contribution < 1.29 is 4.79 Å². The number of nitrogens with zero attached hydrogens (tertiary/aromatic N) is 2. The molecule has 1 amide bonds. The van der Waals surface area contributed by atoms with E-state index < -0.39 is 0 Å². The van der Waals surface area contributed by atoms with E-state index in [2.05, 4.69) is 35.4 Å². The van der Waals surface area contributed by atoms with Gasteiger partial charge in [-0.25, -0.2) is 0 Å². The molecule has 124 valence electrons. The molecule has 0 saturated heterocycles. The quantitative estimate of drug-likeness (QED) is 0.689. The van der Waals surface area contributed by atoms with Gasteiger partial charge in [-0.3, -0.25) is 4.79 Å². The lowest BCUT2D eigenvalue weighted by atomic mass is 10.1. The lowest BCUT2D eigenvalue weighted by Gasteiger charge is -2.12. The summed E-state index contributed by atoms with van der Waals surface area (Å²) < 4.78 is 1.82. The molecule has 0 aliphatic carbocycles. The second-order valence-electron chi connectivity index (χ2n) is 4.98. The van der Waals surface area contributed by atoms with Crippen LogP contribution in [0.3, 0.4) is 0 Å². The lowest BCUT2D eigenvalue weighted by Crippen LogP contribution is -2.16. The van der Waals surface area contributed by atoms with Gasteiger partial charge in [0.25, 0.3) is 0 Å². The second-order valence-corrected chi connectivity index (χ2v) is 8.52. The first-order valence-corrected chi connectivity index (χ1v) is 10.4. The van der Waals surface area contributed by atoms with E-state index in [9.17, 15) is 4.79 Å². The number of thioether (sulfide) groups is 2. The van der Waals surface area contributed by atoms with Crippen molar-refractivity contribution in [1.29, 1.82) is 0 Å². The first-order chi connectivity index (χ1) is 11.1. The summed E-state index contributed by atoms with van der Waals surface area (Å²) in [4.78, 5) is 12.2. The number of carbonyl (C=O) groups excluding carboxylic acids is 1. The first-order valence-electron chi connectivity index (χ1n) is 7.61. The number of para-hydroxylation sites is 1. The van der Waals surface area contributed by atoms with Gasteiger partial charge in [-0.15, -0.1) is 10.2 Å². The molecule has 0 fully saturated rings. The predicted molar refractivity (Wildman–Crippen MR) is 101 cm³/mol. The molecule has 0 unspecified atom stereocenters. The molecule has 0 aliphatic rings. The Morgan fingerprint density at radius 3 is 2.65 bits per heavy atom. The highest BCUT2D eigenvalue weighted by molar-refractivity contribution is 8.03. The van der Waals surface area contributed by atoms with Crippen LogP contribution in [0.2, 0.25) is 0 Å². The molecule has 2 aromatic rings. The van der Waals surface area contributed by atoms with Crippen LogP contribution in [0.25, 0.3) is 0 Å². The van der Waals surface area contributed by atoms with Crippen molar-refractivity contribution in [3.63, 3.8) is 0 Å². The Labute approximate surface area is 149 Å². The Balaban J connectivity index is 1.89. The van der Waals surface area contributed by atoms with Crippen LogP contribution >= 0.6 is 34.9 Å².